The summed E-state index contributed by atoms with van der Waals surface area (Å²) in [5.74, 6) is -3.22. The molecule has 10 heteroatoms. The van der Waals surface area contributed by atoms with Gasteiger partial charge in [0.05, 0.1) is 6.04 Å². The van der Waals surface area contributed by atoms with Gasteiger partial charge in [0.25, 0.3) is 0 Å². The maximum Gasteiger partial charge on any atom is 0.326 e. The number of nitrogens with two attached hydrogens (primary N) is 2. The first-order valence-corrected chi connectivity index (χ1v) is 11.2. The summed E-state index contributed by atoms with van der Waals surface area (Å²) < 4.78 is 0. The predicted octanol–water partition coefficient (Wildman–Crippen LogP) is 0.600. The van der Waals surface area contributed by atoms with Crippen LogP contribution in [0.25, 0.3) is 10.9 Å². The summed E-state index contributed by atoms with van der Waals surface area (Å²) in [6.07, 6.45) is 1.79. The van der Waals surface area contributed by atoms with Crippen molar-refractivity contribution in [2.45, 2.75) is 43.8 Å². The van der Waals surface area contributed by atoms with Gasteiger partial charge < -0.3 is 32.2 Å². The summed E-state index contributed by atoms with van der Waals surface area (Å²) in [7, 11) is 0. The molecule has 0 spiro atoms. The smallest absolute Gasteiger partial charge is 0.326 e. The number of amides is 3. The molecule has 3 unspecified atom stereocenters. The molecule has 10 nitrogen and oxygen atoms in total. The van der Waals surface area contributed by atoms with E-state index in [0.29, 0.717) is 0 Å². The molecule has 0 bridgehead atoms. The number of H-pyrrole nitrogens is 1. The van der Waals surface area contributed by atoms with Crippen molar-refractivity contribution in [1.29, 1.82) is 0 Å². The number of hydrogen-bond donors (Lipinski definition) is 6. The van der Waals surface area contributed by atoms with Gasteiger partial charge in [-0.05, 0) is 30.0 Å². The Hall–Kier alpha value is -4.18. The molecule has 8 N–H and O–H groups in total. The van der Waals surface area contributed by atoms with Gasteiger partial charge in [-0.1, -0.05) is 48.5 Å². The van der Waals surface area contributed by atoms with E-state index in [1.807, 2.05) is 30.3 Å². The molecular weight excluding hydrogens is 450 g/mol. The molecule has 0 fully saturated rings. The van der Waals surface area contributed by atoms with Gasteiger partial charge in [-0.2, -0.15) is 0 Å². The molecule has 1 aromatic heterocycles. The highest BCUT2D eigenvalue weighted by molar-refractivity contribution is 5.92. The number of aromatic amines is 1. The summed E-state index contributed by atoms with van der Waals surface area (Å²) >= 11 is 0. The third-order valence-electron chi connectivity index (χ3n) is 5.66. The molecule has 0 aliphatic carbocycles. The zero-order valence-corrected chi connectivity index (χ0v) is 19.1. The molecule has 3 atom stereocenters. The van der Waals surface area contributed by atoms with Gasteiger partial charge in [-0.15, -0.1) is 0 Å². The predicted molar refractivity (Wildman–Crippen MR) is 130 cm³/mol. The average molecular weight is 480 g/mol. The van der Waals surface area contributed by atoms with E-state index in [4.69, 9.17) is 11.5 Å². The van der Waals surface area contributed by atoms with E-state index < -0.39 is 41.8 Å². The van der Waals surface area contributed by atoms with Crippen LogP contribution in [0.1, 0.15) is 24.0 Å². The Morgan fingerprint density at radius 1 is 0.886 bits per heavy atom. The van der Waals surface area contributed by atoms with Crippen LogP contribution in [-0.2, 0) is 32.0 Å². The summed E-state index contributed by atoms with van der Waals surface area (Å²) in [6.45, 7) is 0. The highest BCUT2D eigenvalue weighted by atomic mass is 16.4. The van der Waals surface area contributed by atoms with Gasteiger partial charge in [0, 0.05) is 29.9 Å². The van der Waals surface area contributed by atoms with E-state index in [2.05, 4.69) is 15.6 Å². The monoisotopic (exact) mass is 479 g/mol. The quantitative estimate of drug-likeness (QED) is 0.221. The molecule has 0 aliphatic heterocycles. The van der Waals surface area contributed by atoms with Crippen molar-refractivity contribution in [2.75, 3.05) is 0 Å². The van der Waals surface area contributed by atoms with Crippen molar-refractivity contribution in [3.63, 3.8) is 0 Å². The number of para-hydroxylation sites is 1. The third-order valence-corrected chi connectivity index (χ3v) is 5.66. The van der Waals surface area contributed by atoms with E-state index in [1.54, 1.807) is 30.5 Å². The van der Waals surface area contributed by atoms with Crippen molar-refractivity contribution < 1.29 is 24.3 Å². The summed E-state index contributed by atoms with van der Waals surface area (Å²) in [5.41, 5.74) is 13.8. The Balaban J connectivity index is 1.72. The second-order valence-electron chi connectivity index (χ2n) is 8.33. The first kappa shape index (κ1) is 25.4. The minimum absolute atomic E-state index is 0.125. The lowest BCUT2D eigenvalue weighted by atomic mass is 10.0. The SMILES string of the molecule is NC(=O)CCC(NC(=O)C(Cc1ccccc1)NC(=O)C(N)Cc1c[nH]c2ccccc12)C(=O)O. The normalized spacial score (nSPS) is 13.5. The number of carboxylic acid groups (broad SMARTS) is 1. The van der Waals surface area contributed by atoms with E-state index in [0.717, 1.165) is 22.0 Å². The van der Waals surface area contributed by atoms with E-state index >= 15 is 0 Å². The zero-order valence-electron chi connectivity index (χ0n) is 19.1. The maximum absolute atomic E-state index is 13.0. The zero-order chi connectivity index (χ0) is 25.4. The summed E-state index contributed by atoms with van der Waals surface area (Å²) in [4.78, 5) is 51.7. The lowest BCUT2D eigenvalue weighted by Gasteiger charge is -2.23. The number of carbonyl (C=O) groups excluding carboxylic acids is 3. The highest BCUT2D eigenvalue weighted by Gasteiger charge is 2.28. The first-order valence-electron chi connectivity index (χ1n) is 11.2. The number of primary amides is 1. The fraction of sp³-hybridized carbons (Fsp3) is 0.280. The number of carboxylic acids is 1. The molecule has 3 rings (SSSR count). The van der Waals surface area contributed by atoms with Gasteiger partial charge in [-0.3, -0.25) is 14.4 Å². The van der Waals surface area contributed by atoms with Crippen LogP contribution < -0.4 is 22.1 Å². The number of carbonyl (C=O) groups is 4. The van der Waals surface area contributed by atoms with E-state index in [-0.39, 0.29) is 25.7 Å². The van der Waals surface area contributed by atoms with Crippen molar-refractivity contribution in [2.24, 2.45) is 11.5 Å². The van der Waals surface area contributed by atoms with E-state index in [9.17, 15) is 24.3 Å². The van der Waals surface area contributed by atoms with Crippen molar-refractivity contribution in [3.8, 4) is 0 Å². The molecule has 0 radical (unpaired) electrons. The van der Waals surface area contributed by atoms with Crippen molar-refractivity contribution in [1.82, 2.24) is 15.6 Å². The Morgan fingerprint density at radius 2 is 1.54 bits per heavy atom. The van der Waals surface area contributed by atoms with Crippen LogP contribution in [0.15, 0.2) is 60.8 Å². The maximum atomic E-state index is 13.0. The molecule has 0 aliphatic rings. The molecule has 3 aromatic rings. The topological polar surface area (TPSA) is 180 Å². The molecular formula is C25H29N5O5. The number of aromatic nitrogens is 1. The van der Waals surface area contributed by atoms with Gasteiger partial charge in [0.1, 0.15) is 12.1 Å². The van der Waals surface area contributed by atoms with Crippen LogP contribution in [0, 0.1) is 0 Å². The number of fused-ring (bicyclic) bond motifs is 1. The summed E-state index contributed by atoms with van der Waals surface area (Å²) in [5, 5.41) is 15.4. The number of benzene rings is 2. The van der Waals surface area contributed by atoms with E-state index in [1.165, 1.54) is 0 Å². The molecule has 35 heavy (non-hydrogen) atoms. The highest BCUT2D eigenvalue weighted by Crippen LogP contribution is 2.19. The Kier molecular flexibility index (Phi) is 8.58. The Morgan fingerprint density at radius 3 is 2.23 bits per heavy atom. The average Bonchev–Trinajstić information content (AvgIpc) is 3.24. The van der Waals surface area contributed by atoms with Crippen LogP contribution in [0.5, 0.6) is 0 Å². The molecule has 1 heterocycles. The van der Waals surface area contributed by atoms with Gasteiger partial charge in [0.2, 0.25) is 17.7 Å². The summed E-state index contributed by atoms with van der Waals surface area (Å²) in [6, 6.07) is 13.3. The van der Waals surface area contributed by atoms with Gasteiger partial charge >= 0.3 is 5.97 Å². The Labute approximate surface area is 202 Å². The first-order chi connectivity index (χ1) is 16.7. The minimum atomic E-state index is -1.33. The fourth-order valence-corrected chi connectivity index (χ4v) is 3.78. The van der Waals surface area contributed by atoms with Crippen LogP contribution in [0.4, 0.5) is 0 Å². The number of rotatable bonds is 12. The lowest BCUT2D eigenvalue weighted by Crippen LogP contribution is -2.55. The Bertz CT molecular complexity index is 1190. The molecule has 0 saturated carbocycles. The lowest BCUT2D eigenvalue weighted by molar-refractivity contribution is -0.142. The molecule has 184 valence electrons. The fourth-order valence-electron chi connectivity index (χ4n) is 3.78. The third kappa shape index (κ3) is 7.15. The van der Waals surface area contributed by atoms with Crippen LogP contribution in [0.2, 0.25) is 0 Å². The molecule has 3 amide bonds. The van der Waals surface area contributed by atoms with Crippen molar-refractivity contribution >= 4 is 34.6 Å². The molecule has 0 saturated heterocycles. The van der Waals surface area contributed by atoms with Gasteiger partial charge in [-0.25, -0.2) is 4.79 Å². The second kappa shape index (κ2) is 11.8. The van der Waals surface area contributed by atoms with Crippen molar-refractivity contribution in [3.05, 3.63) is 71.9 Å². The number of nitrogens with one attached hydrogen (secondary N) is 3. The van der Waals surface area contributed by atoms with Crippen LogP contribution in [0.3, 0.4) is 0 Å². The second-order valence-corrected chi connectivity index (χ2v) is 8.33. The molecule has 2 aromatic carbocycles. The minimum Gasteiger partial charge on any atom is -0.480 e. The number of hydrogen-bond acceptors (Lipinski definition) is 5. The van der Waals surface area contributed by atoms with Gasteiger partial charge in [0.15, 0.2) is 0 Å². The van der Waals surface area contributed by atoms with Crippen LogP contribution in [-0.4, -0.2) is 51.9 Å². The standard InChI is InChI=1S/C25H29N5O5/c26-18(13-16-14-28-19-9-5-4-8-17(16)19)23(32)30-21(12-15-6-2-1-3-7-15)24(33)29-20(25(34)35)10-11-22(27)31/h1-9,14,18,20-21,28H,10-13,26H2,(H2,27,31)(H,29,33)(H,30,32)(H,34,35). The largest absolute Gasteiger partial charge is 0.480 e. The number of aliphatic carboxylic acids is 1. The van der Waals surface area contributed by atoms with Crippen LogP contribution >= 0.6 is 0 Å².